The normalized spacial score (nSPS) is 31.2. The van der Waals surface area contributed by atoms with Crippen LogP contribution >= 0.6 is 0 Å². The summed E-state index contributed by atoms with van der Waals surface area (Å²) in [5, 5.41) is 0. The van der Waals surface area contributed by atoms with Crippen LogP contribution in [0.3, 0.4) is 0 Å². The van der Waals surface area contributed by atoms with Crippen molar-refractivity contribution >= 4 is 5.97 Å². The summed E-state index contributed by atoms with van der Waals surface area (Å²) in [6.07, 6.45) is 9.73. The van der Waals surface area contributed by atoms with E-state index < -0.39 is 0 Å². The molecule has 2 nitrogen and oxygen atoms in total. The maximum absolute atomic E-state index is 11.6. The van der Waals surface area contributed by atoms with E-state index in [-0.39, 0.29) is 18.0 Å². The zero-order chi connectivity index (χ0) is 11.1. The molecule has 0 aromatic rings. The van der Waals surface area contributed by atoms with Gasteiger partial charge in [-0.05, 0) is 26.2 Å². The Balaban J connectivity index is 2.38. The van der Waals surface area contributed by atoms with Gasteiger partial charge in [0.2, 0.25) is 0 Å². The molecule has 2 atom stereocenters. The van der Waals surface area contributed by atoms with Crippen LogP contribution in [-0.2, 0) is 9.53 Å². The van der Waals surface area contributed by atoms with Gasteiger partial charge >= 0.3 is 5.97 Å². The minimum atomic E-state index is 0.00285. The fourth-order valence-corrected chi connectivity index (χ4v) is 2.08. The monoisotopic (exact) mass is 212 g/mol. The third kappa shape index (κ3) is 5.19. The van der Waals surface area contributed by atoms with Crippen LogP contribution < -0.4 is 0 Å². The van der Waals surface area contributed by atoms with Crippen LogP contribution in [-0.4, -0.2) is 12.1 Å². The van der Waals surface area contributed by atoms with E-state index in [4.69, 9.17) is 4.74 Å². The minimum absolute atomic E-state index is 0.00285. The van der Waals surface area contributed by atoms with E-state index >= 15 is 0 Å². The molecule has 88 valence electrons. The highest BCUT2D eigenvalue weighted by Crippen LogP contribution is 2.17. The van der Waals surface area contributed by atoms with E-state index in [0.717, 1.165) is 12.8 Å². The summed E-state index contributed by atoms with van der Waals surface area (Å²) in [4.78, 5) is 11.6. The fourth-order valence-electron chi connectivity index (χ4n) is 2.08. The first kappa shape index (κ1) is 12.5. The molecule has 1 aliphatic heterocycles. The van der Waals surface area contributed by atoms with Crippen LogP contribution in [0.15, 0.2) is 0 Å². The van der Waals surface area contributed by atoms with E-state index in [2.05, 4.69) is 0 Å². The molecule has 1 aliphatic rings. The van der Waals surface area contributed by atoms with E-state index in [1.54, 1.807) is 0 Å². The highest BCUT2D eigenvalue weighted by atomic mass is 16.5. The second-order valence-corrected chi connectivity index (χ2v) is 4.85. The van der Waals surface area contributed by atoms with Gasteiger partial charge in [-0.2, -0.15) is 0 Å². The molecule has 2 heteroatoms. The van der Waals surface area contributed by atoms with Gasteiger partial charge in [-0.3, -0.25) is 4.79 Å². The average molecular weight is 212 g/mol. The molecule has 1 rings (SSSR count). The zero-order valence-corrected chi connectivity index (χ0v) is 10.1. The van der Waals surface area contributed by atoms with E-state index in [9.17, 15) is 4.79 Å². The van der Waals surface area contributed by atoms with E-state index in [1.165, 1.54) is 38.5 Å². The molecule has 0 aromatic heterocycles. The van der Waals surface area contributed by atoms with Crippen molar-refractivity contribution in [2.24, 2.45) is 5.92 Å². The maximum Gasteiger partial charge on any atom is 0.308 e. The number of carbonyl (C=O) groups is 1. The maximum atomic E-state index is 11.6. The molecule has 1 heterocycles. The molecule has 1 fully saturated rings. The Morgan fingerprint density at radius 1 is 0.933 bits per heavy atom. The molecule has 0 amide bonds. The second-order valence-electron chi connectivity index (χ2n) is 4.85. The minimum Gasteiger partial charge on any atom is -0.462 e. The van der Waals surface area contributed by atoms with Crippen LogP contribution in [0.1, 0.15) is 65.2 Å². The largest absolute Gasteiger partial charge is 0.462 e. The molecule has 15 heavy (non-hydrogen) atoms. The molecule has 0 N–H and O–H groups in total. The third-order valence-electron chi connectivity index (χ3n) is 3.22. The number of carbonyl (C=O) groups excluding carboxylic acids is 1. The summed E-state index contributed by atoms with van der Waals surface area (Å²) in [6, 6.07) is 0. The fraction of sp³-hybridized carbons (Fsp3) is 0.923. The predicted molar refractivity (Wildman–Crippen MR) is 61.7 cm³/mol. The van der Waals surface area contributed by atoms with Gasteiger partial charge in [0.1, 0.15) is 0 Å². The van der Waals surface area contributed by atoms with Crippen LogP contribution in [0.2, 0.25) is 0 Å². The van der Waals surface area contributed by atoms with Crippen LogP contribution in [0.5, 0.6) is 0 Å². The van der Waals surface area contributed by atoms with Gasteiger partial charge in [0.25, 0.3) is 0 Å². The van der Waals surface area contributed by atoms with Crippen molar-refractivity contribution in [1.29, 1.82) is 0 Å². The summed E-state index contributed by atoms with van der Waals surface area (Å²) in [5.41, 5.74) is 0. The summed E-state index contributed by atoms with van der Waals surface area (Å²) in [5.74, 6) is 0.0925. The second kappa shape index (κ2) is 6.86. The lowest BCUT2D eigenvalue weighted by atomic mass is 10.0. The highest BCUT2D eigenvalue weighted by molar-refractivity contribution is 5.72. The standard InChI is InChI=1S/C13H24O2/c1-11-9-7-5-3-4-6-8-10-12(2)15-13(11)14/h11-12H,3-10H2,1-2H3. The van der Waals surface area contributed by atoms with E-state index in [1.807, 2.05) is 13.8 Å². The molecule has 0 aliphatic carbocycles. The first-order valence-electron chi connectivity index (χ1n) is 6.40. The average Bonchev–Trinajstić information content (AvgIpc) is 2.19. The van der Waals surface area contributed by atoms with Gasteiger partial charge in [-0.1, -0.05) is 39.0 Å². The number of esters is 1. The first-order chi connectivity index (χ1) is 7.20. The summed E-state index contributed by atoms with van der Waals surface area (Å²) >= 11 is 0. The Hall–Kier alpha value is -0.530. The first-order valence-corrected chi connectivity index (χ1v) is 6.40. The molecule has 2 unspecified atom stereocenters. The Labute approximate surface area is 93.4 Å². The number of rotatable bonds is 0. The molecular weight excluding hydrogens is 188 g/mol. The molecule has 0 spiro atoms. The van der Waals surface area contributed by atoms with Crippen molar-refractivity contribution in [2.75, 3.05) is 0 Å². The van der Waals surface area contributed by atoms with Crippen LogP contribution in [0.25, 0.3) is 0 Å². The van der Waals surface area contributed by atoms with Crippen molar-refractivity contribution in [3.8, 4) is 0 Å². The van der Waals surface area contributed by atoms with Gasteiger partial charge < -0.3 is 4.74 Å². The van der Waals surface area contributed by atoms with Gasteiger partial charge in [-0.15, -0.1) is 0 Å². The highest BCUT2D eigenvalue weighted by Gasteiger charge is 2.17. The lowest BCUT2D eigenvalue weighted by molar-refractivity contribution is -0.153. The van der Waals surface area contributed by atoms with E-state index in [0.29, 0.717) is 0 Å². The number of cyclic esters (lactones) is 1. The lowest BCUT2D eigenvalue weighted by Gasteiger charge is -2.17. The van der Waals surface area contributed by atoms with Crippen molar-refractivity contribution in [3.05, 3.63) is 0 Å². The Morgan fingerprint density at radius 2 is 1.47 bits per heavy atom. The van der Waals surface area contributed by atoms with Crippen LogP contribution in [0.4, 0.5) is 0 Å². The molecule has 1 saturated heterocycles. The third-order valence-corrected chi connectivity index (χ3v) is 3.22. The molecule has 0 saturated carbocycles. The predicted octanol–water partition coefficient (Wildman–Crippen LogP) is 3.69. The molecular formula is C13H24O2. The van der Waals surface area contributed by atoms with Gasteiger partial charge in [-0.25, -0.2) is 0 Å². The van der Waals surface area contributed by atoms with Crippen molar-refractivity contribution in [2.45, 2.75) is 71.3 Å². The smallest absolute Gasteiger partial charge is 0.308 e. The SMILES string of the molecule is CC1CCCCCCCCC(C)C(=O)O1. The summed E-state index contributed by atoms with van der Waals surface area (Å²) < 4.78 is 5.40. The summed E-state index contributed by atoms with van der Waals surface area (Å²) in [7, 11) is 0. The van der Waals surface area contributed by atoms with Gasteiger partial charge in [0, 0.05) is 0 Å². The van der Waals surface area contributed by atoms with Crippen molar-refractivity contribution in [1.82, 2.24) is 0 Å². The van der Waals surface area contributed by atoms with Gasteiger partial charge in [0.15, 0.2) is 0 Å². The quantitative estimate of drug-likeness (QED) is 0.572. The van der Waals surface area contributed by atoms with Crippen LogP contribution in [0, 0.1) is 5.92 Å². The molecule has 0 bridgehead atoms. The number of hydrogen-bond donors (Lipinski definition) is 0. The Kier molecular flexibility index (Phi) is 5.74. The molecule has 0 radical (unpaired) electrons. The summed E-state index contributed by atoms with van der Waals surface area (Å²) in [6.45, 7) is 4.00. The Bertz CT molecular complexity index is 189. The van der Waals surface area contributed by atoms with Gasteiger partial charge in [0.05, 0.1) is 12.0 Å². The molecule has 0 aromatic carbocycles. The lowest BCUT2D eigenvalue weighted by Crippen LogP contribution is -2.21. The number of hydrogen-bond acceptors (Lipinski definition) is 2. The Morgan fingerprint density at radius 3 is 2.13 bits per heavy atom. The topological polar surface area (TPSA) is 26.3 Å². The number of ether oxygens (including phenoxy) is 1. The van der Waals surface area contributed by atoms with Crippen molar-refractivity contribution in [3.63, 3.8) is 0 Å². The zero-order valence-electron chi connectivity index (χ0n) is 10.1. The van der Waals surface area contributed by atoms with Crippen molar-refractivity contribution < 1.29 is 9.53 Å².